The molecule has 13 heteroatoms. The topological polar surface area (TPSA) is 87.3 Å². The lowest BCUT2D eigenvalue weighted by atomic mass is 9.93. The van der Waals surface area contributed by atoms with Gasteiger partial charge in [-0.3, -0.25) is 18.5 Å². The SMILES string of the molecule is C[Si-](C)CCOCn1cc(Cl)nc1CC1CCCN(c2nc(Br)nn2COCC[Si-](C)(C)C)C1=O. The number of imidazole rings is 1. The van der Waals surface area contributed by atoms with Crippen LogP contribution >= 0.6 is 27.5 Å². The molecule has 9 nitrogen and oxygen atoms in total. The molecule has 0 saturated carbocycles. The number of halogens is 2. The van der Waals surface area contributed by atoms with Gasteiger partial charge in [-0.1, -0.05) is 11.6 Å². The van der Waals surface area contributed by atoms with Crippen molar-refractivity contribution in [1.29, 1.82) is 0 Å². The average molecular weight is 605 g/mol. The number of carbonyl (C=O) groups is 1. The zero-order chi connectivity index (χ0) is 25.6. The molecule has 0 bridgehead atoms. The highest BCUT2D eigenvalue weighted by Gasteiger charge is 2.33. The second-order valence-electron chi connectivity index (χ2n) is 10.5. The van der Waals surface area contributed by atoms with Crippen LogP contribution in [0.3, 0.4) is 0 Å². The summed E-state index contributed by atoms with van der Waals surface area (Å²) in [7, 11) is -1.50. The van der Waals surface area contributed by atoms with E-state index in [9.17, 15) is 4.79 Å². The Labute approximate surface area is 224 Å². The largest absolute Gasteiger partial charge is 0.364 e. The zero-order valence-electron chi connectivity index (χ0n) is 21.4. The Balaban J connectivity index is 1.65. The highest BCUT2D eigenvalue weighted by atomic mass is 79.9. The van der Waals surface area contributed by atoms with Crippen molar-refractivity contribution >= 4 is 56.3 Å². The first-order valence-corrected chi connectivity index (χ1v) is 19.7. The molecule has 0 spiro atoms. The number of aromatic nitrogens is 5. The van der Waals surface area contributed by atoms with Crippen LogP contribution in [-0.2, 0) is 34.2 Å². The number of ether oxygens (including phenoxy) is 2. The maximum atomic E-state index is 13.5. The Morgan fingerprint density at radius 2 is 1.94 bits per heavy atom. The lowest BCUT2D eigenvalue weighted by Crippen LogP contribution is -2.44. The molecule has 0 radical (unpaired) electrons. The molecule has 0 aliphatic carbocycles. The number of carbonyl (C=O) groups excluding carboxylic acids is 1. The van der Waals surface area contributed by atoms with Gasteiger partial charge in [-0.25, -0.2) is 9.67 Å². The van der Waals surface area contributed by atoms with Crippen LogP contribution in [0.2, 0.25) is 50.0 Å². The number of rotatable bonds is 13. The van der Waals surface area contributed by atoms with E-state index in [-0.39, 0.29) is 27.4 Å². The fourth-order valence-electron chi connectivity index (χ4n) is 3.81. The van der Waals surface area contributed by atoms with Crippen molar-refractivity contribution in [2.45, 2.75) is 77.5 Å². The van der Waals surface area contributed by atoms with E-state index in [4.69, 9.17) is 21.1 Å². The number of nitrogens with zero attached hydrogens (tertiary/aromatic N) is 6. The molecule has 1 aliphatic heterocycles. The molecule has 1 atom stereocenters. The van der Waals surface area contributed by atoms with Crippen molar-refractivity contribution in [1.82, 2.24) is 24.3 Å². The van der Waals surface area contributed by atoms with Gasteiger partial charge in [0, 0.05) is 38.3 Å². The molecule has 1 amide bonds. The summed E-state index contributed by atoms with van der Waals surface area (Å²) in [6, 6.07) is 2.16. The molecule has 35 heavy (non-hydrogen) atoms. The van der Waals surface area contributed by atoms with Crippen LogP contribution in [0.1, 0.15) is 18.7 Å². The number of amides is 1. The minimum absolute atomic E-state index is 0.0234. The van der Waals surface area contributed by atoms with Crippen LogP contribution in [0.25, 0.3) is 0 Å². The highest BCUT2D eigenvalue weighted by Crippen LogP contribution is 2.27. The molecule has 1 fully saturated rings. The molecule has 0 aromatic carbocycles. The predicted octanol–water partition coefficient (Wildman–Crippen LogP) is 4.92. The van der Waals surface area contributed by atoms with Crippen molar-refractivity contribution < 1.29 is 14.3 Å². The lowest BCUT2D eigenvalue weighted by molar-refractivity contribution is -0.124. The Morgan fingerprint density at radius 1 is 1.20 bits per heavy atom. The summed E-state index contributed by atoms with van der Waals surface area (Å²) in [6.45, 7) is 14.1. The van der Waals surface area contributed by atoms with Crippen LogP contribution in [-0.4, -0.2) is 66.9 Å². The molecular formula is C22H37BrClN6O3Si2-2. The van der Waals surface area contributed by atoms with E-state index in [2.05, 4.69) is 63.7 Å². The second-order valence-corrected chi connectivity index (χ2v) is 20.1. The minimum atomic E-state index is -1.18. The quantitative estimate of drug-likeness (QED) is 0.238. The standard InChI is InChI=1S/C22H37BrClN6O3Si2/c1-34(2)11-9-32-15-28-14-18(24)25-19(28)13-17-7-6-8-29(20(17)31)22-26-21(23)27-30(22)16-33-10-12-35(3,4)5/h14,17H,6-13,15-16H2,1-5H3/q-2. The van der Waals surface area contributed by atoms with Gasteiger partial charge < -0.3 is 14.0 Å². The number of hydrogen-bond donors (Lipinski definition) is 0. The number of anilines is 1. The Hall–Kier alpha value is -1.06. The number of hydrogen-bond acceptors (Lipinski definition) is 6. The van der Waals surface area contributed by atoms with Crippen molar-refractivity contribution in [3.05, 3.63) is 21.9 Å². The average Bonchev–Trinajstić information content (AvgIpc) is 3.30. The minimum Gasteiger partial charge on any atom is -0.364 e. The van der Waals surface area contributed by atoms with Gasteiger partial charge in [-0.05, 0) is 28.8 Å². The fourth-order valence-corrected chi connectivity index (χ4v) is 5.69. The molecule has 1 aliphatic rings. The van der Waals surface area contributed by atoms with Crippen LogP contribution in [0.5, 0.6) is 0 Å². The third-order valence-corrected chi connectivity index (χ3v) is 9.29. The van der Waals surface area contributed by atoms with Crippen molar-refractivity contribution in [2.75, 3.05) is 24.7 Å². The van der Waals surface area contributed by atoms with E-state index in [1.54, 1.807) is 15.8 Å². The number of piperidine rings is 1. The van der Waals surface area contributed by atoms with Crippen LogP contribution < -0.4 is 4.90 Å². The molecule has 2 aromatic rings. The summed E-state index contributed by atoms with van der Waals surface area (Å²) in [4.78, 5) is 24.2. The Bertz CT molecular complexity index is 981. The van der Waals surface area contributed by atoms with E-state index < -0.39 is 8.07 Å². The summed E-state index contributed by atoms with van der Waals surface area (Å²) < 4.78 is 15.7. The second kappa shape index (κ2) is 13.0. The van der Waals surface area contributed by atoms with E-state index in [0.717, 1.165) is 37.4 Å². The molecule has 1 unspecified atom stereocenters. The summed E-state index contributed by atoms with van der Waals surface area (Å²) in [5.41, 5.74) is 0. The van der Waals surface area contributed by atoms with E-state index in [0.29, 0.717) is 42.1 Å². The van der Waals surface area contributed by atoms with Gasteiger partial charge in [0.05, 0.1) is 0 Å². The first kappa shape index (κ1) is 28.5. The summed E-state index contributed by atoms with van der Waals surface area (Å²) >= 11 is 9.56. The Morgan fingerprint density at radius 3 is 2.66 bits per heavy atom. The van der Waals surface area contributed by atoms with Crippen LogP contribution in [0.4, 0.5) is 5.95 Å². The third-order valence-electron chi connectivity index (χ3n) is 5.86. The van der Waals surface area contributed by atoms with Crippen LogP contribution in [0.15, 0.2) is 10.9 Å². The molecule has 197 valence electrons. The van der Waals surface area contributed by atoms with Gasteiger partial charge in [0.2, 0.25) is 16.6 Å². The van der Waals surface area contributed by atoms with Gasteiger partial charge in [0.25, 0.3) is 0 Å². The zero-order valence-corrected chi connectivity index (χ0v) is 25.7. The van der Waals surface area contributed by atoms with Gasteiger partial charge >= 0.3 is 0 Å². The third kappa shape index (κ3) is 8.78. The lowest BCUT2D eigenvalue weighted by Gasteiger charge is -2.31. The predicted molar refractivity (Wildman–Crippen MR) is 146 cm³/mol. The fraction of sp³-hybridized carbons (Fsp3) is 0.727. The van der Waals surface area contributed by atoms with Gasteiger partial charge in [0.1, 0.15) is 24.4 Å². The maximum absolute atomic E-state index is 13.5. The normalized spacial score (nSPS) is 17.1. The molecule has 1 saturated heterocycles. The molecule has 2 aromatic heterocycles. The molecule has 3 heterocycles. The van der Waals surface area contributed by atoms with Crippen molar-refractivity contribution in [3.8, 4) is 0 Å². The smallest absolute Gasteiger partial charge is 0.233 e. The van der Waals surface area contributed by atoms with Crippen molar-refractivity contribution in [3.63, 3.8) is 0 Å². The molecular weight excluding hydrogens is 568 g/mol. The first-order valence-electron chi connectivity index (χ1n) is 12.1. The summed E-state index contributed by atoms with van der Waals surface area (Å²) in [5.74, 6) is 1.10. The highest BCUT2D eigenvalue weighted by molar-refractivity contribution is 9.10. The van der Waals surface area contributed by atoms with E-state index in [1.807, 2.05) is 4.57 Å². The first-order chi connectivity index (χ1) is 16.5. The maximum Gasteiger partial charge on any atom is 0.233 e. The van der Waals surface area contributed by atoms with E-state index >= 15 is 0 Å². The Kier molecular flexibility index (Phi) is 10.6. The van der Waals surface area contributed by atoms with Crippen molar-refractivity contribution in [2.24, 2.45) is 5.92 Å². The molecule has 0 N–H and O–H groups in total. The van der Waals surface area contributed by atoms with E-state index in [1.165, 1.54) is 0 Å². The monoisotopic (exact) mass is 603 g/mol. The van der Waals surface area contributed by atoms with Gasteiger partial charge in [-0.15, -0.1) is 19.2 Å². The van der Waals surface area contributed by atoms with Gasteiger partial charge in [0.15, 0.2) is 0 Å². The molecule has 3 rings (SSSR count). The van der Waals surface area contributed by atoms with Crippen LogP contribution in [0, 0.1) is 5.92 Å². The van der Waals surface area contributed by atoms with Gasteiger partial charge in [-0.2, -0.15) is 43.8 Å². The summed E-state index contributed by atoms with van der Waals surface area (Å²) in [5, 5.41) is 4.82. The summed E-state index contributed by atoms with van der Waals surface area (Å²) in [6.07, 6.45) is 3.95.